The molecule has 0 unspecified atom stereocenters. The topological polar surface area (TPSA) is 113 Å². The first-order valence-corrected chi connectivity index (χ1v) is 15.4. The van der Waals surface area contributed by atoms with E-state index in [0.29, 0.717) is 33.7 Å². The average molecular weight is 656 g/mol. The Kier molecular flexibility index (Phi) is 8.23. The summed E-state index contributed by atoms with van der Waals surface area (Å²) in [6.07, 6.45) is 1.63. The number of benzene rings is 4. The van der Waals surface area contributed by atoms with Crippen molar-refractivity contribution in [2.24, 2.45) is 5.10 Å². The van der Waals surface area contributed by atoms with E-state index in [9.17, 15) is 14.0 Å². The van der Waals surface area contributed by atoms with Crippen LogP contribution in [-0.4, -0.2) is 40.1 Å². The molecule has 11 heteroatoms. The van der Waals surface area contributed by atoms with Crippen molar-refractivity contribution in [3.63, 3.8) is 0 Å². The minimum Gasteiger partial charge on any atom is -0.496 e. The number of hydrogen-bond acceptors (Lipinski definition) is 7. The number of nitrogens with one attached hydrogen (secondary N) is 1. The third kappa shape index (κ3) is 6.05. The lowest BCUT2D eigenvalue weighted by Gasteiger charge is -2.12. The first-order chi connectivity index (χ1) is 23.8. The molecule has 7 aromatic rings. The number of rotatable bonds is 9. The van der Waals surface area contributed by atoms with Crippen molar-refractivity contribution < 1.29 is 23.1 Å². The van der Waals surface area contributed by atoms with Crippen LogP contribution in [0.25, 0.3) is 39.1 Å². The maximum Gasteiger partial charge on any atom is 0.282 e. The van der Waals surface area contributed by atoms with Crippen LogP contribution < -0.4 is 20.3 Å². The number of aromatic nitrogens is 3. The number of nitrogens with zero attached hydrogens (tertiary/aromatic N) is 4. The number of anilines is 1. The second-order valence-electron chi connectivity index (χ2n) is 11.3. The number of carbonyl (C=O) groups is 1. The van der Waals surface area contributed by atoms with Crippen LogP contribution >= 0.6 is 0 Å². The van der Waals surface area contributed by atoms with Gasteiger partial charge in [0.25, 0.3) is 11.5 Å². The third-order valence-corrected chi connectivity index (χ3v) is 8.11. The molecule has 0 aliphatic rings. The fraction of sp³-hybridized carbons (Fsp3) is 0.105. The quantitative estimate of drug-likeness (QED) is 0.164. The summed E-state index contributed by atoms with van der Waals surface area (Å²) in [5.41, 5.74) is 4.35. The van der Waals surface area contributed by atoms with E-state index >= 15 is 0 Å². The molecule has 1 N–H and O–H groups in total. The molecule has 3 heterocycles. The van der Waals surface area contributed by atoms with Gasteiger partial charge in [0.05, 0.1) is 35.3 Å². The summed E-state index contributed by atoms with van der Waals surface area (Å²) in [6.45, 7) is 3.65. The second kappa shape index (κ2) is 13.0. The zero-order chi connectivity index (χ0) is 34.1. The number of amides is 1. The van der Waals surface area contributed by atoms with Gasteiger partial charge >= 0.3 is 0 Å². The molecular formula is C38H30FN5O5. The van der Waals surface area contributed by atoms with E-state index in [4.69, 9.17) is 18.9 Å². The van der Waals surface area contributed by atoms with Crippen LogP contribution in [0.5, 0.6) is 11.5 Å². The van der Waals surface area contributed by atoms with E-state index in [1.54, 1.807) is 61.9 Å². The molecule has 4 aromatic carbocycles. The number of para-hydroxylation sites is 2. The first-order valence-electron chi connectivity index (χ1n) is 15.4. The minimum atomic E-state index is -0.518. The zero-order valence-electron chi connectivity index (χ0n) is 26.8. The minimum absolute atomic E-state index is 0.0949. The normalized spacial score (nSPS) is 11.4. The number of methoxy groups -OCH3 is 1. The van der Waals surface area contributed by atoms with Crippen molar-refractivity contribution in [2.75, 3.05) is 19.0 Å². The van der Waals surface area contributed by atoms with Crippen LogP contribution in [0.2, 0.25) is 0 Å². The highest BCUT2D eigenvalue weighted by molar-refractivity contribution is 5.92. The summed E-state index contributed by atoms with van der Waals surface area (Å²) in [4.78, 5) is 30.8. The maximum absolute atomic E-state index is 13.9. The van der Waals surface area contributed by atoms with Gasteiger partial charge in [0, 0.05) is 22.6 Å². The summed E-state index contributed by atoms with van der Waals surface area (Å²) in [6, 6.07) is 29.6. The molecule has 49 heavy (non-hydrogen) atoms. The summed E-state index contributed by atoms with van der Waals surface area (Å²) >= 11 is 0. The Hall–Kier alpha value is -6.49. The average Bonchev–Trinajstić information content (AvgIpc) is 3.68. The number of carbonyl (C=O) groups excluding carboxylic acids is 1. The lowest BCUT2D eigenvalue weighted by molar-refractivity contribution is -0.118. The molecular weight excluding hydrogens is 625 g/mol. The van der Waals surface area contributed by atoms with E-state index in [1.807, 2.05) is 60.9 Å². The van der Waals surface area contributed by atoms with Crippen molar-refractivity contribution in [1.82, 2.24) is 14.2 Å². The molecule has 0 radical (unpaired) electrons. The Bertz CT molecular complexity index is 2440. The lowest BCUT2D eigenvalue weighted by Crippen LogP contribution is -2.20. The van der Waals surface area contributed by atoms with E-state index in [1.165, 1.54) is 16.8 Å². The van der Waals surface area contributed by atoms with Gasteiger partial charge in [0.15, 0.2) is 12.4 Å². The maximum atomic E-state index is 13.9. The van der Waals surface area contributed by atoms with Crippen LogP contribution in [0.4, 0.5) is 10.1 Å². The molecule has 0 atom stereocenters. The first kappa shape index (κ1) is 31.1. The second-order valence-corrected chi connectivity index (χ2v) is 11.3. The van der Waals surface area contributed by atoms with Crippen molar-refractivity contribution in [3.8, 4) is 28.8 Å². The Morgan fingerprint density at radius 1 is 0.959 bits per heavy atom. The van der Waals surface area contributed by atoms with E-state index in [0.717, 1.165) is 28.0 Å². The van der Waals surface area contributed by atoms with Crippen molar-refractivity contribution in [2.45, 2.75) is 13.8 Å². The van der Waals surface area contributed by atoms with Gasteiger partial charge in [-0.2, -0.15) is 9.78 Å². The van der Waals surface area contributed by atoms with Gasteiger partial charge in [-0.25, -0.2) is 9.37 Å². The highest BCUT2D eigenvalue weighted by Crippen LogP contribution is 2.33. The molecule has 0 aliphatic heterocycles. The van der Waals surface area contributed by atoms with Crippen molar-refractivity contribution in [1.29, 1.82) is 0 Å². The van der Waals surface area contributed by atoms with E-state index in [2.05, 4.69) is 10.4 Å². The number of aryl methyl sites for hydroxylation is 1. The molecule has 0 aliphatic carbocycles. The Morgan fingerprint density at radius 2 is 1.73 bits per heavy atom. The molecule has 7 rings (SSSR count). The predicted molar refractivity (Wildman–Crippen MR) is 187 cm³/mol. The van der Waals surface area contributed by atoms with Crippen molar-refractivity contribution in [3.05, 3.63) is 136 Å². The number of halogens is 1. The van der Waals surface area contributed by atoms with Gasteiger partial charge in [-0.15, -0.1) is 0 Å². The van der Waals surface area contributed by atoms with Gasteiger partial charge in [0.2, 0.25) is 5.82 Å². The summed E-state index contributed by atoms with van der Waals surface area (Å²) in [5, 5.41) is 8.33. The number of fused-ring (bicyclic) bond motifs is 2. The molecule has 3 aromatic heterocycles. The molecule has 1 amide bonds. The fourth-order valence-electron chi connectivity index (χ4n) is 5.74. The van der Waals surface area contributed by atoms with Gasteiger partial charge in [0.1, 0.15) is 22.9 Å². The van der Waals surface area contributed by atoms with Crippen LogP contribution in [-0.2, 0) is 4.79 Å². The highest BCUT2D eigenvalue weighted by Gasteiger charge is 2.18. The summed E-state index contributed by atoms with van der Waals surface area (Å²) in [5.74, 6) is 0.760. The monoisotopic (exact) mass is 655 g/mol. The van der Waals surface area contributed by atoms with E-state index < -0.39 is 11.7 Å². The molecule has 0 saturated heterocycles. The molecule has 10 nitrogen and oxygen atoms in total. The van der Waals surface area contributed by atoms with E-state index in [-0.39, 0.29) is 23.7 Å². The van der Waals surface area contributed by atoms with Gasteiger partial charge in [-0.1, -0.05) is 30.3 Å². The Labute approximate surface area is 279 Å². The number of furan rings is 1. The zero-order valence-corrected chi connectivity index (χ0v) is 26.8. The summed E-state index contributed by atoms with van der Waals surface area (Å²) in [7, 11) is 1.59. The molecule has 0 fully saturated rings. The molecule has 0 bridgehead atoms. The lowest BCUT2D eigenvalue weighted by atomic mass is 10.2. The van der Waals surface area contributed by atoms with Gasteiger partial charge in [-0.05, 0) is 86.6 Å². The summed E-state index contributed by atoms with van der Waals surface area (Å²) < 4.78 is 34.4. The Morgan fingerprint density at radius 3 is 2.53 bits per heavy atom. The van der Waals surface area contributed by atoms with Crippen LogP contribution in [0.15, 0.2) is 117 Å². The van der Waals surface area contributed by atoms with Gasteiger partial charge in [-0.3, -0.25) is 9.59 Å². The highest BCUT2D eigenvalue weighted by atomic mass is 19.1. The SMILES string of the molecule is COc1cccc2oc(-c3nc4ccccc4c(=O)n3N=Cc3cc(C)n(-c4ccc(OCC(=O)Nc5ccccc5F)cc4)c3C)cc12. The fourth-order valence-corrected chi connectivity index (χ4v) is 5.74. The number of ether oxygens (including phenoxy) is 2. The van der Waals surface area contributed by atoms with Gasteiger partial charge < -0.3 is 23.8 Å². The number of hydrogen-bond donors (Lipinski definition) is 1. The largest absolute Gasteiger partial charge is 0.496 e. The smallest absolute Gasteiger partial charge is 0.282 e. The van der Waals surface area contributed by atoms with Crippen molar-refractivity contribution >= 4 is 39.7 Å². The predicted octanol–water partition coefficient (Wildman–Crippen LogP) is 7.26. The van der Waals surface area contributed by atoms with Crippen LogP contribution in [0.3, 0.4) is 0 Å². The molecule has 244 valence electrons. The third-order valence-electron chi connectivity index (χ3n) is 8.11. The molecule has 0 saturated carbocycles. The Balaban J connectivity index is 1.16. The van der Waals surface area contributed by atoms with Crippen LogP contribution in [0, 0.1) is 19.7 Å². The standard InChI is InChI=1S/C38H30FN5O5/c1-23-19-25(24(2)43(23)26-15-17-27(18-16-26)48-22-36(45)41-32-12-7-5-10-30(32)39)21-40-44-37(42-31-11-6-4-9-28(31)38(44)46)35-20-29-33(47-3)13-8-14-34(29)49-35/h4-21H,22H2,1-3H3,(H,41,45). The molecule has 0 spiro atoms. The van der Waals surface area contributed by atoms with Crippen LogP contribution in [0.1, 0.15) is 17.0 Å².